The first kappa shape index (κ1) is 16.6. The molecule has 0 bridgehead atoms. The Bertz CT molecular complexity index is 872. The lowest BCUT2D eigenvalue weighted by Crippen LogP contribution is -2.14. The van der Waals surface area contributed by atoms with Crippen LogP contribution in [0.3, 0.4) is 0 Å². The van der Waals surface area contributed by atoms with Gasteiger partial charge in [0.2, 0.25) is 11.9 Å². The maximum absolute atomic E-state index is 12.0. The fourth-order valence-corrected chi connectivity index (χ4v) is 3.34. The van der Waals surface area contributed by atoms with E-state index in [9.17, 15) is 4.79 Å². The fraction of sp³-hybridized carbons (Fsp3) is 0.0714. The summed E-state index contributed by atoms with van der Waals surface area (Å²) in [6.45, 7) is 0. The zero-order chi connectivity index (χ0) is 16.9. The zero-order valence-corrected chi connectivity index (χ0v) is 14.5. The van der Waals surface area contributed by atoms with Gasteiger partial charge in [-0.2, -0.15) is 4.98 Å². The third-order valence-corrected chi connectivity index (χ3v) is 4.75. The van der Waals surface area contributed by atoms with Crippen LogP contribution in [0.1, 0.15) is 0 Å². The molecule has 0 aliphatic heterocycles. The molecule has 3 rings (SSSR count). The van der Waals surface area contributed by atoms with Gasteiger partial charge < -0.3 is 11.1 Å². The van der Waals surface area contributed by atoms with Crippen LogP contribution in [-0.2, 0) is 4.79 Å². The summed E-state index contributed by atoms with van der Waals surface area (Å²) in [5, 5.41) is 6.10. The van der Waals surface area contributed by atoms with Gasteiger partial charge in [-0.05, 0) is 6.07 Å². The number of nitrogens with zero attached hydrogens (tertiary/aromatic N) is 4. The van der Waals surface area contributed by atoms with Crippen LogP contribution >= 0.6 is 34.7 Å². The highest BCUT2D eigenvalue weighted by molar-refractivity contribution is 7.99. The lowest BCUT2D eigenvalue weighted by molar-refractivity contribution is -0.113. The Labute approximate surface area is 150 Å². The summed E-state index contributed by atoms with van der Waals surface area (Å²) < 4.78 is 0. The van der Waals surface area contributed by atoms with Crippen molar-refractivity contribution in [2.75, 3.05) is 16.8 Å². The number of hydrogen-bond acceptors (Lipinski definition) is 8. The van der Waals surface area contributed by atoms with Crippen LogP contribution in [0.25, 0.3) is 11.3 Å². The highest BCUT2D eigenvalue weighted by Crippen LogP contribution is 2.30. The molecule has 0 aliphatic rings. The molecule has 3 N–H and O–H groups in total. The minimum absolute atomic E-state index is 0.122. The Balaban J connectivity index is 1.60. The molecule has 2 heterocycles. The number of aromatic nitrogens is 4. The van der Waals surface area contributed by atoms with E-state index in [2.05, 4.69) is 25.3 Å². The molecule has 122 valence electrons. The number of halogens is 1. The van der Waals surface area contributed by atoms with Gasteiger partial charge >= 0.3 is 0 Å². The summed E-state index contributed by atoms with van der Waals surface area (Å²) in [4.78, 5) is 27.9. The number of amides is 1. The third kappa shape index (κ3) is 4.19. The van der Waals surface area contributed by atoms with Gasteiger partial charge in [0.25, 0.3) is 0 Å². The van der Waals surface area contributed by atoms with Crippen molar-refractivity contribution < 1.29 is 4.79 Å². The van der Waals surface area contributed by atoms with Gasteiger partial charge in [-0.1, -0.05) is 41.6 Å². The Morgan fingerprint density at radius 3 is 2.92 bits per heavy atom. The molecule has 0 fully saturated rings. The smallest absolute Gasteiger partial charge is 0.236 e. The largest absolute Gasteiger partial charge is 0.368 e. The number of carbonyl (C=O) groups excluding carboxylic acids is 1. The topological polar surface area (TPSA) is 107 Å². The number of rotatable bonds is 5. The fourth-order valence-electron chi connectivity index (χ4n) is 1.77. The Morgan fingerprint density at radius 1 is 1.29 bits per heavy atom. The minimum Gasteiger partial charge on any atom is -0.368 e. The number of nitrogens with one attached hydrogen (secondary N) is 1. The van der Waals surface area contributed by atoms with E-state index in [1.54, 1.807) is 6.07 Å². The first-order valence-corrected chi connectivity index (χ1v) is 8.94. The molecule has 2 aromatic heterocycles. The molecule has 0 saturated heterocycles. The van der Waals surface area contributed by atoms with Gasteiger partial charge in [0.05, 0.1) is 11.4 Å². The number of benzene rings is 1. The number of nitrogens with two attached hydrogens (primary N) is 1. The normalized spacial score (nSPS) is 10.5. The standard InChI is InChI=1S/C14H11ClN6OS2/c15-9-4-2-1-3-8(9)10-5-23-14(19-10)20-11(22)6-24-13-18-7-17-12(16)21-13/h1-5,7H,6H2,(H,19,20,22)(H2,16,17,18,21). The lowest BCUT2D eigenvalue weighted by Gasteiger charge is -2.02. The van der Waals surface area contributed by atoms with Crippen LogP contribution in [0, 0.1) is 0 Å². The first-order chi connectivity index (χ1) is 11.6. The Morgan fingerprint density at radius 2 is 2.12 bits per heavy atom. The molecule has 0 atom stereocenters. The van der Waals surface area contributed by atoms with E-state index in [0.717, 1.165) is 11.3 Å². The van der Waals surface area contributed by atoms with E-state index >= 15 is 0 Å². The molecule has 0 unspecified atom stereocenters. The molecular formula is C14H11ClN6OS2. The highest BCUT2D eigenvalue weighted by Gasteiger charge is 2.11. The Kier molecular flexibility index (Phi) is 5.24. The second kappa shape index (κ2) is 7.56. The van der Waals surface area contributed by atoms with Crippen LogP contribution in [-0.4, -0.2) is 31.6 Å². The van der Waals surface area contributed by atoms with Crippen molar-refractivity contribution in [1.29, 1.82) is 0 Å². The number of thioether (sulfide) groups is 1. The van der Waals surface area contributed by atoms with Crippen molar-refractivity contribution in [3.8, 4) is 11.3 Å². The predicted molar refractivity (Wildman–Crippen MR) is 96.2 cm³/mol. The molecule has 7 nitrogen and oxygen atoms in total. The third-order valence-electron chi connectivity index (χ3n) is 2.80. The summed E-state index contributed by atoms with van der Waals surface area (Å²) >= 11 is 8.65. The first-order valence-electron chi connectivity index (χ1n) is 6.69. The maximum Gasteiger partial charge on any atom is 0.236 e. The summed E-state index contributed by atoms with van der Waals surface area (Å²) in [5.41, 5.74) is 7.01. The molecule has 24 heavy (non-hydrogen) atoms. The summed E-state index contributed by atoms with van der Waals surface area (Å²) in [6, 6.07) is 7.41. The molecule has 1 amide bonds. The molecule has 10 heteroatoms. The quantitative estimate of drug-likeness (QED) is 0.657. The molecule has 0 aliphatic carbocycles. The van der Waals surface area contributed by atoms with Crippen molar-refractivity contribution in [3.05, 3.63) is 41.0 Å². The predicted octanol–water partition coefficient (Wildman–Crippen LogP) is 2.96. The van der Waals surface area contributed by atoms with Gasteiger partial charge in [-0.15, -0.1) is 11.3 Å². The van der Waals surface area contributed by atoms with E-state index < -0.39 is 0 Å². The molecule has 0 saturated carbocycles. The van der Waals surface area contributed by atoms with Gasteiger partial charge in [-0.25, -0.2) is 15.0 Å². The van der Waals surface area contributed by atoms with E-state index in [4.69, 9.17) is 17.3 Å². The minimum atomic E-state index is -0.209. The molecule has 3 aromatic rings. The average Bonchev–Trinajstić information content (AvgIpc) is 3.02. The van der Waals surface area contributed by atoms with Crippen LogP contribution in [0.4, 0.5) is 11.1 Å². The van der Waals surface area contributed by atoms with Gasteiger partial charge in [-0.3, -0.25) is 4.79 Å². The van der Waals surface area contributed by atoms with Crippen molar-refractivity contribution in [2.24, 2.45) is 0 Å². The van der Waals surface area contributed by atoms with Crippen LogP contribution < -0.4 is 11.1 Å². The second-order valence-electron chi connectivity index (χ2n) is 4.48. The highest BCUT2D eigenvalue weighted by atomic mass is 35.5. The SMILES string of the molecule is Nc1ncnc(SCC(=O)Nc2nc(-c3ccccc3Cl)cs2)n1. The molecule has 0 radical (unpaired) electrons. The van der Waals surface area contributed by atoms with E-state index in [-0.39, 0.29) is 17.6 Å². The monoisotopic (exact) mass is 378 g/mol. The van der Waals surface area contributed by atoms with E-state index in [1.165, 1.54) is 29.4 Å². The van der Waals surface area contributed by atoms with Gasteiger partial charge in [0, 0.05) is 16.0 Å². The number of thiazole rings is 1. The zero-order valence-electron chi connectivity index (χ0n) is 12.1. The molecule has 0 spiro atoms. The van der Waals surface area contributed by atoms with Crippen molar-refractivity contribution in [2.45, 2.75) is 5.16 Å². The molecule has 1 aromatic carbocycles. The van der Waals surface area contributed by atoms with E-state index in [0.29, 0.717) is 15.3 Å². The van der Waals surface area contributed by atoms with Crippen molar-refractivity contribution in [1.82, 2.24) is 19.9 Å². The van der Waals surface area contributed by atoms with E-state index in [1.807, 2.05) is 23.6 Å². The summed E-state index contributed by atoms with van der Waals surface area (Å²) in [7, 11) is 0. The van der Waals surface area contributed by atoms with Crippen LogP contribution in [0.5, 0.6) is 0 Å². The molecular weight excluding hydrogens is 368 g/mol. The summed E-state index contributed by atoms with van der Waals surface area (Å²) in [6.07, 6.45) is 1.30. The van der Waals surface area contributed by atoms with Crippen molar-refractivity contribution >= 4 is 51.7 Å². The maximum atomic E-state index is 12.0. The van der Waals surface area contributed by atoms with Gasteiger partial charge in [0.15, 0.2) is 10.3 Å². The summed E-state index contributed by atoms with van der Waals surface area (Å²) in [5.74, 6) is 0.0565. The van der Waals surface area contributed by atoms with Crippen molar-refractivity contribution in [3.63, 3.8) is 0 Å². The number of anilines is 2. The average molecular weight is 379 g/mol. The number of hydrogen-bond donors (Lipinski definition) is 2. The number of carbonyl (C=O) groups is 1. The number of nitrogen functional groups attached to an aromatic ring is 1. The van der Waals surface area contributed by atoms with Crippen LogP contribution in [0.2, 0.25) is 5.02 Å². The van der Waals surface area contributed by atoms with Crippen LogP contribution in [0.15, 0.2) is 41.1 Å². The lowest BCUT2D eigenvalue weighted by atomic mass is 10.2. The Hall–Kier alpha value is -2.23. The second-order valence-corrected chi connectivity index (χ2v) is 6.69. The van der Waals surface area contributed by atoms with Gasteiger partial charge in [0.1, 0.15) is 6.33 Å².